The quantitative estimate of drug-likeness (QED) is 0.796. The van der Waals surface area contributed by atoms with Crippen LogP contribution in [0.25, 0.3) is 0 Å². The van der Waals surface area contributed by atoms with Gasteiger partial charge in [-0.15, -0.1) is 0 Å². The number of benzene rings is 1. The molecule has 0 radical (unpaired) electrons. The number of hydrogen-bond acceptors (Lipinski definition) is 5. The third-order valence-electron chi connectivity index (χ3n) is 3.04. The maximum Gasteiger partial charge on any atom is 0.255 e. The lowest BCUT2D eigenvalue weighted by atomic mass is 10.2. The normalized spacial score (nSPS) is 10.2. The Labute approximate surface area is 137 Å². The number of rotatable bonds is 4. The Balaban J connectivity index is 1.81. The van der Waals surface area contributed by atoms with Crippen LogP contribution in [0.3, 0.4) is 0 Å². The average Bonchev–Trinajstić information content (AvgIpc) is 2.55. The van der Waals surface area contributed by atoms with Crippen LogP contribution < -0.4 is 10.1 Å². The van der Waals surface area contributed by atoms with Crippen LogP contribution >= 0.6 is 0 Å². The highest BCUT2D eigenvalue weighted by Crippen LogP contribution is 2.23. The van der Waals surface area contributed by atoms with Crippen molar-refractivity contribution in [3.63, 3.8) is 0 Å². The second kappa shape index (κ2) is 6.82. The molecule has 0 aliphatic rings. The topological polar surface area (TPSA) is 77.0 Å². The molecule has 0 aliphatic carbocycles. The minimum Gasteiger partial charge on any atom is -0.454 e. The number of carbonyl (C=O) groups excluding carboxylic acids is 1. The van der Waals surface area contributed by atoms with Gasteiger partial charge in [0.2, 0.25) is 0 Å². The average molecular weight is 324 g/mol. The van der Waals surface area contributed by atoms with E-state index >= 15 is 0 Å². The Hall–Kier alpha value is -3.35. The Morgan fingerprint density at radius 1 is 1.00 bits per heavy atom. The minimum atomic E-state index is -0.586. The third kappa shape index (κ3) is 3.89. The smallest absolute Gasteiger partial charge is 0.255 e. The van der Waals surface area contributed by atoms with Crippen molar-refractivity contribution in [2.45, 2.75) is 6.92 Å². The molecule has 0 bridgehead atoms. The predicted molar refractivity (Wildman–Crippen MR) is 85.4 cm³/mol. The van der Waals surface area contributed by atoms with E-state index in [0.717, 1.165) is 11.6 Å². The highest BCUT2D eigenvalue weighted by Gasteiger charge is 2.11. The van der Waals surface area contributed by atoms with Gasteiger partial charge in [-0.2, -0.15) is 0 Å². The standard InChI is InChI=1S/C17H13FN4O2/c1-11-2-14(7-19-6-11)22-17(23)12-3-13(18)5-15(4-12)24-16-8-20-10-21-9-16/h2-10H,1H3,(H,22,23). The van der Waals surface area contributed by atoms with E-state index in [0.29, 0.717) is 11.4 Å². The number of hydrogen-bond donors (Lipinski definition) is 1. The van der Waals surface area contributed by atoms with E-state index in [-0.39, 0.29) is 11.3 Å². The lowest BCUT2D eigenvalue weighted by Crippen LogP contribution is -2.12. The number of amides is 1. The van der Waals surface area contributed by atoms with E-state index in [9.17, 15) is 9.18 Å². The second-order valence-electron chi connectivity index (χ2n) is 5.06. The highest BCUT2D eigenvalue weighted by atomic mass is 19.1. The first-order valence-corrected chi connectivity index (χ1v) is 7.06. The van der Waals surface area contributed by atoms with Gasteiger partial charge in [-0.1, -0.05) is 0 Å². The van der Waals surface area contributed by atoms with Crippen molar-refractivity contribution in [1.82, 2.24) is 15.0 Å². The number of anilines is 1. The van der Waals surface area contributed by atoms with Gasteiger partial charge in [-0.05, 0) is 30.7 Å². The van der Waals surface area contributed by atoms with Crippen LogP contribution in [-0.2, 0) is 0 Å². The Kier molecular flexibility index (Phi) is 4.42. The molecule has 1 N–H and O–H groups in total. The molecule has 0 unspecified atom stereocenters. The van der Waals surface area contributed by atoms with E-state index in [1.165, 1.54) is 37.1 Å². The molecular weight excluding hydrogens is 311 g/mol. The monoisotopic (exact) mass is 324 g/mol. The number of aromatic nitrogens is 3. The Morgan fingerprint density at radius 2 is 1.79 bits per heavy atom. The van der Waals surface area contributed by atoms with Gasteiger partial charge >= 0.3 is 0 Å². The minimum absolute atomic E-state index is 0.128. The zero-order valence-electron chi connectivity index (χ0n) is 12.7. The van der Waals surface area contributed by atoms with Crippen molar-refractivity contribution in [2.75, 3.05) is 5.32 Å². The fraction of sp³-hybridized carbons (Fsp3) is 0.0588. The highest BCUT2D eigenvalue weighted by molar-refractivity contribution is 6.04. The maximum absolute atomic E-state index is 13.8. The van der Waals surface area contributed by atoms with Crippen molar-refractivity contribution >= 4 is 11.6 Å². The fourth-order valence-corrected chi connectivity index (χ4v) is 2.05. The first kappa shape index (κ1) is 15.5. The van der Waals surface area contributed by atoms with Crippen molar-refractivity contribution < 1.29 is 13.9 Å². The van der Waals surface area contributed by atoms with E-state index in [2.05, 4.69) is 20.3 Å². The summed E-state index contributed by atoms with van der Waals surface area (Å²) in [5.74, 6) is -0.525. The molecule has 3 aromatic rings. The lowest BCUT2D eigenvalue weighted by molar-refractivity contribution is 0.102. The van der Waals surface area contributed by atoms with E-state index in [4.69, 9.17) is 4.74 Å². The first-order valence-electron chi connectivity index (χ1n) is 7.06. The molecule has 3 rings (SSSR count). The van der Waals surface area contributed by atoms with Crippen LogP contribution in [0.4, 0.5) is 10.1 Å². The second-order valence-corrected chi connectivity index (χ2v) is 5.06. The molecule has 0 atom stereocenters. The molecule has 1 amide bonds. The van der Waals surface area contributed by atoms with Crippen LogP contribution in [0.1, 0.15) is 15.9 Å². The molecule has 0 aliphatic heterocycles. The van der Waals surface area contributed by atoms with E-state index < -0.39 is 11.7 Å². The number of nitrogens with one attached hydrogen (secondary N) is 1. The van der Waals surface area contributed by atoms with Crippen LogP contribution in [0, 0.1) is 12.7 Å². The number of halogens is 1. The Bertz CT molecular complexity index is 871. The summed E-state index contributed by atoms with van der Waals surface area (Å²) in [4.78, 5) is 23.9. The molecule has 7 heteroatoms. The number of carbonyl (C=O) groups is 1. The number of ether oxygens (including phenoxy) is 1. The summed E-state index contributed by atoms with van der Waals surface area (Å²) in [7, 11) is 0. The predicted octanol–water partition coefficient (Wildman–Crippen LogP) is 3.36. The molecule has 6 nitrogen and oxygen atoms in total. The van der Waals surface area contributed by atoms with Crippen molar-refractivity contribution in [3.05, 3.63) is 72.3 Å². The van der Waals surface area contributed by atoms with Crippen LogP contribution in [0.2, 0.25) is 0 Å². The molecule has 2 heterocycles. The summed E-state index contributed by atoms with van der Waals surface area (Å²) in [5.41, 5.74) is 1.56. The molecular formula is C17H13FN4O2. The van der Waals surface area contributed by atoms with Crippen LogP contribution in [-0.4, -0.2) is 20.9 Å². The summed E-state index contributed by atoms with van der Waals surface area (Å²) in [5, 5.41) is 2.67. The van der Waals surface area contributed by atoms with Crippen LogP contribution in [0.5, 0.6) is 11.5 Å². The van der Waals surface area contributed by atoms with Crippen molar-refractivity contribution in [1.29, 1.82) is 0 Å². The molecule has 0 saturated heterocycles. The summed E-state index contributed by atoms with van der Waals surface area (Å²) in [6.45, 7) is 1.86. The summed E-state index contributed by atoms with van der Waals surface area (Å²) >= 11 is 0. The maximum atomic E-state index is 13.8. The fourth-order valence-electron chi connectivity index (χ4n) is 2.05. The third-order valence-corrected chi connectivity index (χ3v) is 3.04. The molecule has 120 valence electrons. The SMILES string of the molecule is Cc1cncc(NC(=O)c2cc(F)cc(Oc3cncnc3)c2)c1. The molecule has 0 spiro atoms. The van der Waals surface area contributed by atoms with Crippen molar-refractivity contribution in [3.8, 4) is 11.5 Å². The van der Waals surface area contributed by atoms with Gasteiger partial charge in [0.05, 0.1) is 24.3 Å². The first-order chi connectivity index (χ1) is 11.6. The molecule has 0 saturated carbocycles. The molecule has 0 fully saturated rings. The Morgan fingerprint density at radius 3 is 2.54 bits per heavy atom. The zero-order chi connectivity index (χ0) is 16.9. The van der Waals surface area contributed by atoms with Gasteiger partial charge in [0.25, 0.3) is 5.91 Å². The van der Waals surface area contributed by atoms with Crippen molar-refractivity contribution in [2.24, 2.45) is 0 Å². The summed E-state index contributed by atoms with van der Waals surface area (Å²) in [6.07, 6.45) is 7.42. The van der Waals surface area contributed by atoms with Gasteiger partial charge < -0.3 is 10.1 Å². The molecule has 2 aromatic heterocycles. The van der Waals surface area contributed by atoms with Gasteiger partial charge in [0.1, 0.15) is 17.9 Å². The largest absolute Gasteiger partial charge is 0.454 e. The van der Waals surface area contributed by atoms with E-state index in [1.807, 2.05) is 6.92 Å². The number of pyridine rings is 1. The molecule has 1 aromatic carbocycles. The van der Waals surface area contributed by atoms with E-state index in [1.54, 1.807) is 12.3 Å². The number of nitrogens with zero attached hydrogens (tertiary/aromatic N) is 3. The summed E-state index contributed by atoms with van der Waals surface area (Å²) in [6, 6.07) is 5.52. The van der Waals surface area contributed by atoms with Gasteiger partial charge in [-0.25, -0.2) is 14.4 Å². The van der Waals surface area contributed by atoms with Crippen LogP contribution in [0.15, 0.2) is 55.4 Å². The summed E-state index contributed by atoms with van der Waals surface area (Å²) < 4.78 is 19.3. The lowest BCUT2D eigenvalue weighted by Gasteiger charge is -2.09. The number of aryl methyl sites for hydroxylation is 1. The van der Waals surface area contributed by atoms with Gasteiger partial charge in [0.15, 0.2) is 5.75 Å². The van der Waals surface area contributed by atoms with Gasteiger partial charge in [-0.3, -0.25) is 9.78 Å². The molecule has 24 heavy (non-hydrogen) atoms. The zero-order valence-corrected chi connectivity index (χ0v) is 12.7. The van der Waals surface area contributed by atoms with Gasteiger partial charge in [0, 0.05) is 17.8 Å².